The van der Waals surface area contributed by atoms with Crippen LogP contribution in [0.2, 0.25) is 0 Å². The molecule has 5 heteroatoms. The van der Waals surface area contributed by atoms with Crippen molar-refractivity contribution in [1.82, 2.24) is 0 Å². The second-order valence-electron chi connectivity index (χ2n) is 17.5. The number of rotatable bonds is 6. The van der Waals surface area contributed by atoms with E-state index in [2.05, 4.69) is 219 Å². The fourth-order valence-electron chi connectivity index (χ4n) is 9.47. The van der Waals surface area contributed by atoms with E-state index in [1.807, 2.05) is 0 Å². The van der Waals surface area contributed by atoms with Crippen LogP contribution >= 0.6 is 56.7 Å². The summed E-state index contributed by atoms with van der Waals surface area (Å²) >= 11 is 2.70. The standard InChI is InChI=1S/C33H33.2C6H4Br.C5H5.CH2.2ClH.Zr/c1-32(2,3)30-20-26-24(18-28(30)22-13-9-7-10-14-22)17-25-19-29(23-15-11-8-12-16-23)31(21-27(25)26)33(4,5)6;2*7-6-4-2-1-3-5-6;1-2-4-5-3-1;;;;/h7-16,18,20-21H,17H2,1-6H3;2*1-2,4-5H;1-3H,4H2;1H2;2*1H;. The molecule has 0 atom stereocenters. The van der Waals surface area contributed by atoms with Gasteiger partial charge in [-0.25, -0.2) is 0 Å². The molecule has 0 bridgehead atoms. The molecule has 2 aliphatic rings. The maximum atomic E-state index is 5.91. The van der Waals surface area contributed by atoms with Crippen LogP contribution in [0.4, 0.5) is 0 Å². The second-order valence-corrected chi connectivity index (χ2v) is 32.1. The first-order valence-corrected chi connectivity index (χ1v) is 27.3. The van der Waals surface area contributed by atoms with Crippen molar-refractivity contribution in [2.75, 3.05) is 0 Å². The van der Waals surface area contributed by atoms with E-state index in [1.165, 1.54) is 68.7 Å². The minimum atomic E-state index is -5.22. The maximum absolute atomic E-state index is 5.91. The average Bonchev–Trinajstić information content (AvgIpc) is 3.83. The predicted octanol–water partition coefficient (Wildman–Crippen LogP) is 13.8. The van der Waals surface area contributed by atoms with Crippen LogP contribution in [0.1, 0.15) is 70.2 Å². The summed E-state index contributed by atoms with van der Waals surface area (Å²) in [6, 6.07) is 48.2. The van der Waals surface area contributed by atoms with Crippen LogP contribution in [0.5, 0.6) is 0 Å². The zero-order chi connectivity index (χ0) is 38.1. The van der Waals surface area contributed by atoms with E-state index >= 15 is 0 Å². The van der Waals surface area contributed by atoms with Gasteiger partial charge >= 0.3 is 343 Å². The van der Waals surface area contributed by atoms with Gasteiger partial charge in [0.1, 0.15) is 0 Å². The minimum absolute atomic E-state index is 0. The third-order valence-corrected chi connectivity index (χ3v) is 29.3. The van der Waals surface area contributed by atoms with Crippen LogP contribution in [0.3, 0.4) is 0 Å². The number of allylic oxidation sites excluding steroid dienone is 4. The predicted molar refractivity (Wildman–Crippen MR) is 254 cm³/mol. The van der Waals surface area contributed by atoms with Crippen molar-refractivity contribution in [3.63, 3.8) is 0 Å². The first kappa shape index (κ1) is 42.7. The fraction of sp³-hybridized carbons (Fsp3) is 0.196. The van der Waals surface area contributed by atoms with Crippen molar-refractivity contribution in [3.8, 4) is 33.4 Å². The quantitative estimate of drug-likeness (QED) is 0.156. The Hall–Kier alpha value is -2.91. The first-order chi connectivity index (χ1) is 25.7. The molecule has 0 amide bonds. The molecule has 0 saturated heterocycles. The Morgan fingerprint density at radius 2 is 1.11 bits per heavy atom. The second kappa shape index (κ2) is 15.7. The summed E-state index contributed by atoms with van der Waals surface area (Å²) in [5.74, 6) is 0. The van der Waals surface area contributed by atoms with Gasteiger partial charge in [-0.05, 0) is 0 Å². The Morgan fingerprint density at radius 1 is 0.571 bits per heavy atom. The molecule has 0 saturated carbocycles. The van der Waals surface area contributed by atoms with Gasteiger partial charge in [0.15, 0.2) is 0 Å². The number of fused-ring (bicyclic) bond motifs is 3. The van der Waals surface area contributed by atoms with E-state index in [-0.39, 0.29) is 35.6 Å². The third-order valence-electron chi connectivity index (χ3n) is 12.1. The third kappa shape index (κ3) is 6.92. The number of hydrogen-bond donors (Lipinski definition) is 0. The van der Waals surface area contributed by atoms with Crippen molar-refractivity contribution in [2.24, 2.45) is 0 Å². The molecule has 0 aromatic heterocycles. The van der Waals surface area contributed by atoms with Crippen LogP contribution < -0.4 is 9.81 Å². The molecule has 0 radical (unpaired) electrons. The molecule has 56 heavy (non-hydrogen) atoms. The number of benzene rings is 6. The Morgan fingerprint density at radius 3 is 1.61 bits per heavy atom. The fourth-order valence-corrected chi connectivity index (χ4v) is 27.5. The van der Waals surface area contributed by atoms with Gasteiger partial charge in [-0.3, -0.25) is 0 Å². The van der Waals surface area contributed by atoms with Gasteiger partial charge in [-0.15, -0.1) is 24.8 Å². The molecule has 0 spiro atoms. The van der Waals surface area contributed by atoms with E-state index in [0.717, 1.165) is 21.8 Å². The molecule has 6 aromatic carbocycles. The molecule has 8 rings (SSSR count). The normalized spacial score (nSPS) is 13.7. The van der Waals surface area contributed by atoms with Gasteiger partial charge in [0.25, 0.3) is 0 Å². The van der Waals surface area contributed by atoms with Crippen LogP contribution in [-0.4, -0.2) is 4.21 Å². The summed E-state index contributed by atoms with van der Waals surface area (Å²) in [5, 5.41) is 0. The molecule has 0 unspecified atom stereocenters. The van der Waals surface area contributed by atoms with E-state index in [9.17, 15) is 0 Å². The molecule has 0 fully saturated rings. The summed E-state index contributed by atoms with van der Waals surface area (Å²) < 4.78 is 13.7. The van der Waals surface area contributed by atoms with Crippen molar-refractivity contribution in [3.05, 3.63) is 180 Å². The molecule has 2 aliphatic carbocycles. The topological polar surface area (TPSA) is 0 Å². The molecule has 0 nitrogen and oxygen atoms in total. The number of hydrogen-bond acceptors (Lipinski definition) is 0. The first-order valence-electron chi connectivity index (χ1n) is 19.1. The van der Waals surface area contributed by atoms with Crippen LogP contribution in [-0.2, 0) is 35.5 Å². The van der Waals surface area contributed by atoms with Crippen molar-refractivity contribution >= 4 is 70.7 Å². The van der Waals surface area contributed by atoms with E-state index in [0.29, 0.717) is 0 Å². The SMILES string of the molecule is Cl.Cl.[CH2]=[Zr]([C]1=CC=CC1)([c]1cccc(Br)c1)([c]1cccc(Br)c1)[c]1c2c(cc(C(C)(C)C)c1-c1ccccc1)-c1cc(C(C)(C)C)c(-c3ccccc3)cc1C2. The molecular formula is C51H50Br2Cl2Zr. The Bertz CT molecular complexity index is 2540. The summed E-state index contributed by atoms with van der Waals surface area (Å²) in [6.45, 7) is 14.2. The molecule has 0 N–H and O–H groups in total. The van der Waals surface area contributed by atoms with Crippen LogP contribution in [0.15, 0.2) is 158 Å². The van der Waals surface area contributed by atoms with Crippen molar-refractivity contribution in [2.45, 2.75) is 65.2 Å². The van der Waals surface area contributed by atoms with E-state index in [1.54, 1.807) is 0 Å². The Balaban J connectivity index is 0.00000266. The van der Waals surface area contributed by atoms with Gasteiger partial charge in [0.2, 0.25) is 0 Å². The zero-order valence-electron chi connectivity index (χ0n) is 33.1. The van der Waals surface area contributed by atoms with Crippen molar-refractivity contribution < 1.29 is 18.3 Å². The number of halogens is 4. The van der Waals surface area contributed by atoms with E-state index in [4.69, 9.17) is 4.21 Å². The zero-order valence-corrected chi connectivity index (χ0v) is 40.3. The summed E-state index contributed by atoms with van der Waals surface area (Å²) in [7, 11) is 0. The van der Waals surface area contributed by atoms with Crippen LogP contribution in [0.25, 0.3) is 33.4 Å². The molecular weight excluding hydrogens is 934 g/mol. The molecule has 0 heterocycles. The van der Waals surface area contributed by atoms with Gasteiger partial charge in [0.05, 0.1) is 0 Å². The Kier molecular flexibility index (Phi) is 12.0. The summed E-state index contributed by atoms with van der Waals surface area (Å²) in [4.78, 5) is 0. The van der Waals surface area contributed by atoms with Crippen molar-refractivity contribution in [1.29, 1.82) is 0 Å². The Labute approximate surface area is 364 Å². The van der Waals surface area contributed by atoms with Gasteiger partial charge in [0, 0.05) is 0 Å². The molecule has 0 aliphatic heterocycles. The van der Waals surface area contributed by atoms with Gasteiger partial charge in [-0.2, -0.15) is 0 Å². The van der Waals surface area contributed by atoms with E-state index < -0.39 is 18.3 Å². The molecule has 286 valence electrons. The average molecular weight is 985 g/mol. The summed E-state index contributed by atoms with van der Waals surface area (Å²) in [6.07, 6.45) is 8.79. The van der Waals surface area contributed by atoms with Gasteiger partial charge in [-0.1, -0.05) is 0 Å². The van der Waals surface area contributed by atoms with Crippen LogP contribution in [0, 0.1) is 0 Å². The summed E-state index contributed by atoms with van der Waals surface area (Å²) in [5.41, 5.74) is 13.4. The van der Waals surface area contributed by atoms with Gasteiger partial charge < -0.3 is 0 Å². The monoisotopic (exact) mass is 980 g/mol. The molecule has 6 aromatic rings.